The first kappa shape index (κ1) is 13.0. The number of amides is 1. The predicted molar refractivity (Wildman–Crippen MR) is 79.3 cm³/mol. The summed E-state index contributed by atoms with van der Waals surface area (Å²) in [5.41, 5.74) is 2.72. The zero-order valence-electron chi connectivity index (χ0n) is 11.1. The van der Waals surface area contributed by atoms with E-state index >= 15 is 0 Å². The summed E-state index contributed by atoms with van der Waals surface area (Å²) in [6, 6.07) is 8.53. The van der Waals surface area contributed by atoms with Crippen LogP contribution in [0.5, 0.6) is 0 Å². The summed E-state index contributed by atoms with van der Waals surface area (Å²) in [4.78, 5) is 14.6. The highest BCUT2D eigenvalue weighted by Crippen LogP contribution is 2.20. The molecule has 3 nitrogen and oxygen atoms in total. The molecule has 1 amide bonds. The Morgan fingerprint density at radius 1 is 1.32 bits per heavy atom. The molecule has 1 unspecified atom stereocenters. The van der Waals surface area contributed by atoms with Gasteiger partial charge in [0.05, 0.1) is 6.04 Å². The molecule has 0 bridgehead atoms. The minimum absolute atomic E-state index is 0.0176. The maximum absolute atomic E-state index is 12.6. The van der Waals surface area contributed by atoms with Crippen molar-refractivity contribution >= 4 is 17.7 Å². The molecule has 19 heavy (non-hydrogen) atoms. The van der Waals surface area contributed by atoms with Gasteiger partial charge in [0, 0.05) is 31.1 Å². The Bertz CT molecular complexity index is 457. The number of thioether (sulfide) groups is 1. The number of fused-ring (bicyclic) bond motifs is 1. The summed E-state index contributed by atoms with van der Waals surface area (Å²) in [7, 11) is 0. The Kier molecular flexibility index (Phi) is 4.09. The Labute approximate surface area is 118 Å². The lowest BCUT2D eigenvalue weighted by Gasteiger charge is -2.29. The standard InChI is InChI=1S/C15H20N2OS/c18-15(14-11-19-9-7-16-14)17-8-3-6-12-4-1-2-5-13(12)10-17/h1-2,4-5,14,16H,3,6-11H2. The van der Waals surface area contributed by atoms with Gasteiger partial charge >= 0.3 is 0 Å². The molecule has 1 fully saturated rings. The van der Waals surface area contributed by atoms with E-state index in [2.05, 4.69) is 29.6 Å². The van der Waals surface area contributed by atoms with Crippen LogP contribution in [0.1, 0.15) is 17.5 Å². The molecule has 1 aromatic rings. The third-order valence-corrected chi connectivity index (χ3v) is 4.95. The monoisotopic (exact) mass is 276 g/mol. The number of aryl methyl sites for hydroxylation is 1. The van der Waals surface area contributed by atoms with E-state index in [1.54, 1.807) is 0 Å². The molecule has 3 rings (SSSR count). The fourth-order valence-electron chi connectivity index (χ4n) is 2.83. The summed E-state index contributed by atoms with van der Waals surface area (Å²) < 4.78 is 0. The van der Waals surface area contributed by atoms with Gasteiger partial charge in [-0.05, 0) is 24.0 Å². The molecule has 0 saturated carbocycles. The average Bonchev–Trinajstić information content (AvgIpc) is 2.69. The van der Waals surface area contributed by atoms with E-state index in [9.17, 15) is 4.79 Å². The second-order valence-electron chi connectivity index (χ2n) is 5.21. The zero-order valence-corrected chi connectivity index (χ0v) is 11.9. The Hall–Kier alpha value is -1.00. The van der Waals surface area contributed by atoms with Gasteiger partial charge in [0.2, 0.25) is 5.91 Å². The quantitative estimate of drug-likeness (QED) is 0.847. The van der Waals surface area contributed by atoms with Crippen molar-refractivity contribution in [1.82, 2.24) is 10.2 Å². The fourth-order valence-corrected chi connectivity index (χ4v) is 3.76. The van der Waals surface area contributed by atoms with Crippen LogP contribution in [0.4, 0.5) is 0 Å². The molecule has 1 atom stereocenters. The average molecular weight is 276 g/mol. The van der Waals surface area contributed by atoms with Gasteiger partial charge in [-0.1, -0.05) is 24.3 Å². The molecule has 1 N–H and O–H groups in total. The van der Waals surface area contributed by atoms with Gasteiger partial charge in [0.1, 0.15) is 0 Å². The van der Waals surface area contributed by atoms with Crippen LogP contribution in [0.3, 0.4) is 0 Å². The summed E-state index contributed by atoms with van der Waals surface area (Å²) in [5, 5.41) is 3.35. The van der Waals surface area contributed by atoms with Crippen molar-refractivity contribution in [2.75, 3.05) is 24.6 Å². The van der Waals surface area contributed by atoms with Gasteiger partial charge in [-0.2, -0.15) is 11.8 Å². The van der Waals surface area contributed by atoms with Gasteiger partial charge < -0.3 is 10.2 Å². The normalized spacial score (nSPS) is 23.6. The number of nitrogens with zero attached hydrogens (tertiary/aromatic N) is 1. The molecular weight excluding hydrogens is 256 g/mol. The Balaban J connectivity index is 1.73. The van der Waals surface area contributed by atoms with Gasteiger partial charge in [-0.25, -0.2) is 0 Å². The number of hydrogen-bond donors (Lipinski definition) is 1. The molecule has 0 aromatic heterocycles. The van der Waals surface area contributed by atoms with Crippen molar-refractivity contribution in [3.05, 3.63) is 35.4 Å². The number of rotatable bonds is 1. The van der Waals surface area contributed by atoms with E-state index in [1.165, 1.54) is 11.1 Å². The topological polar surface area (TPSA) is 32.3 Å². The van der Waals surface area contributed by atoms with Crippen LogP contribution in [0.2, 0.25) is 0 Å². The molecule has 1 aromatic carbocycles. The second-order valence-corrected chi connectivity index (χ2v) is 6.36. The molecule has 0 spiro atoms. The molecule has 2 aliphatic heterocycles. The first-order chi connectivity index (χ1) is 9.34. The van der Waals surface area contributed by atoms with Crippen molar-refractivity contribution < 1.29 is 4.79 Å². The lowest BCUT2D eigenvalue weighted by atomic mass is 10.0. The van der Waals surface area contributed by atoms with Crippen molar-refractivity contribution in [3.8, 4) is 0 Å². The Morgan fingerprint density at radius 2 is 2.16 bits per heavy atom. The largest absolute Gasteiger partial charge is 0.337 e. The predicted octanol–water partition coefficient (Wildman–Crippen LogP) is 1.67. The molecule has 4 heteroatoms. The lowest BCUT2D eigenvalue weighted by molar-refractivity contribution is -0.133. The Morgan fingerprint density at radius 3 is 2.95 bits per heavy atom. The molecule has 2 heterocycles. The number of benzene rings is 1. The number of carbonyl (C=O) groups is 1. The van der Waals surface area contributed by atoms with Crippen LogP contribution in [-0.4, -0.2) is 41.4 Å². The zero-order chi connectivity index (χ0) is 13.1. The van der Waals surface area contributed by atoms with Crippen LogP contribution in [-0.2, 0) is 17.8 Å². The van der Waals surface area contributed by atoms with E-state index in [1.807, 2.05) is 16.7 Å². The van der Waals surface area contributed by atoms with Crippen molar-refractivity contribution in [2.24, 2.45) is 0 Å². The molecule has 0 aliphatic carbocycles. The van der Waals surface area contributed by atoms with Crippen LogP contribution < -0.4 is 5.32 Å². The SMILES string of the molecule is O=C(C1CSCCN1)N1CCCc2ccccc2C1. The van der Waals surface area contributed by atoms with Crippen molar-refractivity contribution in [2.45, 2.75) is 25.4 Å². The molecule has 2 aliphatic rings. The van der Waals surface area contributed by atoms with Gasteiger partial charge in [0.15, 0.2) is 0 Å². The summed E-state index contributed by atoms with van der Waals surface area (Å²) in [6.45, 7) is 2.61. The van der Waals surface area contributed by atoms with E-state index in [-0.39, 0.29) is 11.9 Å². The van der Waals surface area contributed by atoms with E-state index in [0.717, 1.165) is 44.0 Å². The summed E-state index contributed by atoms with van der Waals surface area (Å²) in [5.74, 6) is 2.31. The van der Waals surface area contributed by atoms with Crippen LogP contribution in [0, 0.1) is 0 Å². The van der Waals surface area contributed by atoms with E-state index < -0.39 is 0 Å². The number of carbonyl (C=O) groups excluding carboxylic acids is 1. The van der Waals surface area contributed by atoms with E-state index in [0.29, 0.717) is 0 Å². The molecule has 0 radical (unpaired) electrons. The lowest BCUT2D eigenvalue weighted by Crippen LogP contribution is -2.50. The first-order valence-electron chi connectivity index (χ1n) is 7.01. The summed E-state index contributed by atoms with van der Waals surface area (Å²) >= 11 is 1.88. The van der Waals surface area contributed by atoms with Crippen molar-refractivity contribution in [3.63, 3.8) is 0 Å². The van der Waals surface area contributed by atoms with Crippen molar-refractivity contribution in [1.29, 1.82) is 0 Å². The van der Waals surface area contributed by atoms with Crippen LogP contribution in [0.15, 0.2) is 24.3 Å². The summed E-state index contributed by atoms with van der Waals surface area (Å²) in [6.07, 6.45) is 2.16. The highest BCUT2D eigenvalue weighted by molar-refractivity contribution is 7.99. The van der Waals surface area contributed by atoms with E-state index in [4.69, 9.17) is 0 Å². The second kappa shape index (κ2) is 5.97. The maximum Gasteiger partial charge on any atom is 0.240 e. The highest BCUT2D eigenvalue weighted by Gasteiger charge is 2.27. The molecular formula is C15H20N2OS. The minimum Gasteiger partial charge on any atom is -0.337 e. The number of hydrogen-bond acceptors (Lipinski definition) is 3. The third kappa shape index (κ3) is 2.95. The van der Waals surface area contributed by atoms with Crippen LogP contribution in [0.25, 0.3) is 0 Å². The first-order valence-corrected chi connectivity index (χ1v) is 8.17. The minimum atomic E-state index is 0.0176. The van der Waals surface area contributed by atoms with Gasteiger partial charge in [0.25, 0.3) is 0 Å². The number of nitrogens with one attached hydrogen (secondary N) is 1. The van der Waals surface area contributed by atoms with Gasteiger partial charge in [-0.15, -0.1) is 0 Å². The van der Waals surface area contributed by atoms with Crippen LogP contribution >= 0.6 is 11.8 Å². The molecule has 1 saturated heterocycles. The third-order valence-electron chi connectivity index (χ3n) is 3.89. The fraction of sp³-hybridized carbons (Fsp3) is 0.533. The molecule has 102 valence electrons. The highest BCUT2D eigenvalue weighted by atomic mass is 32.2. The van der Waals surface area contributed by atoms with Gasteiger partial charge in [-0.3, -0.25) is 4.79 Å². The maximum atomic E-state index is 12.6. The smallest absolute Gasteiger partial charge is 0.240 e.